The van der Waals surface area contributed by atoms with Crippen molar-refractivity contribution in [3.63, 3.8) is 0 Å². The molecule has 0 spiro atoms. The van der Waals surface area contributed by atoms with E-state index in [0.29, 0.717) is 18.8 Å². The Balaban J connectivity index is 1.83. The summed E-state index contributed by atoms with van der Waals surface area (Å²) in [6, 6.07) is 5.71. The van der Waals surface area contributed by atoms with E-state index in [1.807, 2.05) is 12.1 Å². The van der Waals surface area contributed by atoms with Crippen molar-refractivity contribution in [2.24, 2.45) is 0 Å². The van der Waals surface area contributed by atoms with Crippen LogP contribution in [-0.4, -0.2) is 22.2 Å². The third-order valence-corrected chi connectivity index (χ3v) is 3.76. The molecule has 2 N–H and O–H groups in total. The second kappa shape index (κ2) is 6.65. The number of nitriles is 1. The highest BCUT2D eigenvalue weighted by Gasteiger charge is 2.27. The lowest BCUT2D eigenvalue weighted by Crippen LogP contribution is -2.39. The number of pyridine rings is 1. The predicted molar refractivity (Wildman–Crippen MR) is 73.3 cm³/mol. The molecular weight excluding hydrogens is 238 g/mol. The van der Waals surface area contributed by atoms with E-state index in [4.69, 9.17) is 5.26 Å². The zero-order valence-electron chi connectivity index (χ0n) is 11.2. The molecule has 0 atom stereocenters. The van der Waals surface area contributed by atoms with Crippen molar-refractivity contribution in [3.8, 4) is 6.07 Å². The van der Waals surface area contributed by atoms with Crippen LogP contribution in [0, 0.1) is 11.3 Å². The zero-order chi connectivity index (χ0) is 13.6. The molecule has 0 saturated heterocycles. The molecule has 0 radical (unpaired) electrons. The molecule has 0 bridgehead atoms. The highest BCUT2D eigenvalue weighted by Crippen LogP contribution is 2.26. The third kappa shape index (κ3) is 4.30. The molecule has 1 fully saturated rings. The van der Waals surface area contributed by atoms with Crippen LogP contribution in [0.4, 0.5) is 0 Å². The van der Waals surface area contributed by atoms with Gasteiger partial charge < -0.3 is 10.4 Å². The van der Waals surface area contributed by atoms with E-state index in [2.05, 4.69) is 10.3 Å². The third-order valence-electron chi connectivity index (χ3n) is 3.76. The van der Waals surface area contributed by atoms with Gasteiger partial charge in [-0.1, -0.05) is 25.7 Å². The molecule has 0 aliphatic heterocycles. The molecule has 1 saturated carbocycles. The first-order valence-corrected chi connectivity index (χ1v) is 7.00. The molecular formula is C15H21N3O. The number of nitrogens with zero attached hydrogens (tertiary/aromatic N) is 2. The van der Waals surface area contributed by atoms with E-state index in [1.54, 1.807) is 12.3 Å². The van der Waals surface area contributed by atoms with Gasteiger partial charge in [-0.15, -0.1) is 0 Å². The summed E-state index contributed by atoms with van der Waals surface area (Å²) in [7, 11) is 0. The Labute approximate surface area is 114 Å². The van der Waals surface area contributed by atoms with E-state index in [0.717, 1.165) is 31.2 Å². The molecule has 4 heteroatoms. The summed E-state index contributed by atoms with van der Waals surface area (Å²) in [4.78, 5) is 3.94. The predicted octanol–water partition coefficient (Wildman–Crippen LogP) is 2.13. The Bertz CT molecular complexity index is 445. The lowest BCUT2D eigenvalue weighted by atomic mass is 9.94. The summed E-state index contributed by atoms with van der Waals surface area (Å²) in [5.41, 5.74) is 0.915. The first-order valence-electron chi connectivity index (χ1n) is 7.00. The van der Waals surface area contributed by atoms with Gasteiger partial charge in [0, 0.05) is 19.3 Å². The zero-order valence-corrected chi connectivity index (χ0v) is 11.2. The average Bonchev–Trinajstić information content (AvgIpc) is 2.64. The van der Waals surface area contributed by atoms with E-state index in [-0.39, 0.29) is 0 Å². The second-order valence-corrected chi connectivity index (χ2v) is 5.40. The molecule has 1 aromatic rings. The van der Waals surface area contributed by atoms with Crippen molar-refractivity contribution >= 4 is 0 Å². The SMILES string of the molecule is N#Cc1cc(CNCC2(O)CCCCCC2)ccn1. The highest BCUT2D eigenvalue weighted by molar-refractivity contribution is 5.25. The van der Waals surface area contributed by atoms with Crippen LogP contribution in [-0.2, 0) is 6.54 Å². The van der Waals surface area contributed by atoms with Crippen LogP contribution in [0.5, 0.6) is 0 Å². The number of hydrogen-bond donors (Lipinski definition) is 2. The van der Waals surface area contributed by atoms with Crippen LogP contribution < -0.4 is 5.32 Å². The molecule has 1 aliphatic carbocycles. The summed E-state index contributed by atoms with van der Waals surface area (Å²) < 4.78 is 0. The van der Waals surface area contributed by atoms with Crippen molar-refractivity contribution in [3.05, 3.63) is 29.6 Å². The van der Waals surface area contributed by atoms with Gasteiger partial charge in [0.2, 0.25) is 0 Å². The summed E-state index contributed by atoms with van der Waals surface area (Å²) in [5, 5.41) is 22.6. The quantitative estimate of drug-likeness (QED) is 0.813. The van der Waals surface area contributed by atoms with E-state index >= 15 is 0 Å². The van der Waals surface area contributed by atoms with Crippen LogP contribution in [0.3, 0.4) is 0 Å². The van der Waals surface area contributed by atoms with Crippen molar-refractivity contribution < 1.29 is 5.11 Å². The van der Waals surface area contributed by atoms with Gasteiger partial charge in [0.1, 0.15) is 11.8 Å². The van der Waals surface area contributed by atoms with Crippen molar-refractivity contribution in [2.75, 3.05) is 6.54 Å². The minimum atomic E-state index is -0.554. The molecule has 1 heterocycles. The van der Waals surface area contributed by atoms with Gasteiger partial charge in [-0.25, -0.2) is 4.98 Å². The molecule has 4 nitrogen and oxygen atoms in total. The monoisotopic (exact) mass is 259 g/mol. The van der Waals surface area contributed by atoms with E-state index in [9.17, 15) is 5.11 Å². The fourth-order valence-electron chi connectivity index (χ4n) is 2.65. The van der Waals surface area contributed by atoms with Gasteiger partial charge in [-0.3, -0.25) is 0 Å². The van der Waals surface area contributed by atoms with Crippen LogP contribution in [0.1, 0.15) is 49.8 Å². The Morgan fingerprint density at radius 1 is 1.32 bits per heavy atom. The summed E-state index contributed by atoms with van der Waals surface area (Å²) >= 11 is 0. The van der Waals surface area contributed by atoms with Gasteiger partial charge in [0.15, 0.2) is 0 Å². The molecule has 2 rings (SSSR count). The summed E-state index contributed by atoms with van der Waals surface area (Å²) in [6.07, 6.45) is 8.13. The lowest BCUT2D eigenvalue weighted by Gasteiger charge is -2.27. The van der Waals surface area contributed by atoms with Crippen molar-refractivity contribution in [1.82, 2.24) is 10.3 Å². The molecule has 1 aromatic heterocycles. The Morgan fingerprint density at radius 3 is 2.74 bits per heavy atom. The molecule has 102 valence electrons. The number of aromatic nitrogens is 1. The van der Waals surface area contributed by atoms with Crippen molar-refractivity contribution in [2.45, 2.75) is 50.7 Å². The normalized spacial score (nSPS) is 18.5. The maximum atomic E-state index is 10.5. The lowest BCUT2D eigenvalue weighted by molar-refractivity contribution is 0.0250. The van der Waals surface area contributed by atoms with E-state index in [1.165, 1.54) is 12.8 Å². The molecule has 1 aliphatic rings. The topological polar surface area (TPSA) is 68.9 Å². The fourth-order valence-corrected chi connectivity index (χ4v) is 2.65. The van der Waals surface area contributed by atoms with Gasteiger partial charge in [-0.05, 0) is 30.5 Å². The minimum absolute atomic E-state index is 0.437. The minimum Gasteiger partial charge on any atom is -0.389 e. The van der Waals surface area contributed by atoms with Gasteiger partial charge in [0.25, 0.3) is 0 Å². The smallest absolute Gasteiger partial charge is 0.140 e. The van der Waals surface area contributed by atoms with Gasteiger partial charge in [-0.2, -0.15) is 5.26 Å². The average molecular weight is 259 g/mol. The number of hydrogen-bond acceptors (Lipinski definition) is 4. The Morgan fingerprint density at radius 2 is 2.05 bits per heavy atom. The Hall–Kier alpha value is -1.44. The second-order valence-electron chi connectivity index (χ2n) is 5.40. The van der Waals surface area contributed by atoms with E-state index < -0.39 is 5.60 Å². The highest BCUT2D eigenvalue weighted by atomic mass is 16.3. The first-order chi connectivity index (χ1) is 9.22. The standard InChI is InChI=1S/C15H21N3O/c16-10-14-9-13(5-8-18-14)11-17-12-15(19)6-3-1-2-4-7-15/h5,8-9,17,19H,1-4,6-7,11-12H2. The number of rotatable bonds is 4. The molecule has 0 unspecified atom stereocenters. The molecule has 19 heavy (non-hydrogen) atoms. The van der Waals surface area contributed by atoms with Gasteiger partial charge in [0.05, 0.1) is 5.60 Å². The summed E-state index contributed by atoms with van der Waals surface area (Å²) in [5.74, 6) is 0. The maximum absolute atomic E-state index is 10.5. The van der Waals surface area contributed by atoms with Crippen molar-refractivity contribution in [1.29, 1.82) is 5.26 Å². The number of aliphatic hydroxyl groups is 1. The summed E-state index contributed by atoms with van der Waals surface area (Å²) in [6.45, 7) is 1.29. The van der Waals surface area contributed by atoms with Crippen LogP contribution in [0.25, 0.3) is 0 Å². The number of nitrogens with one attached hydrogen (secondary N) is 1. The van der Waals surface area contributed by atoms with Gasteiger partial charge >= 0.3 is 0 Å². The molecule has 0 amide bonds. The fraction of sp³-hybridized carbons (Fsp3) is 0.600. The molecule has 0 aromatic carbocycles. The Kier molecular flexibility index (Phi) is 4.89. The first kappa shape index (κ1) is 14.0. The van der Waals surface area contributed by atoms with Crippen LogP contribution >= 0.6 is 0 Å². The largest absolute Gasteiger partial charge is 0.389 e. The van der Waals surface area contributed by atoms with Crippen LogP contribution in [0.2, 0.25) is 0 Å². The van der Waals surface area contributed by atoms with Crippen LogP contribution in [0.15, 0.2) is 18.3 Å². The maximum Gasteiger partial charge on any atom is 0.140 e.